The van der Waals surface area contributed by atoms with E-state index in [0.717, 1.165) is 12.8 Å². The lowest BCUT2D eigenvalue weighted by Gasteiger charge is -2.47. The molecule has 2 atom stereocenters. The molecule has 0 amide bonds. The van der Waals surface area contributed by atoms with Crippen molar-refractivity contribution >= 4 is 23.3 Å². The number of esters is 1. The Morgan fingerprint density at radius 3 is 2.53 bits per heavy atom. The number of nitrogens with zero attached hydrogens (tertiary/aromatic N) is 5. The van der Waals surface area contributed by atoms with Crippen LogP contribution < -0.4 is 10.6 Å². The first-order chi connectivity index (χ1) is 14.6. The van der Waals surface area contributed by atoms with Crippen LogP contribution in [-0.4, -0.2) is 58.1 Å². The number of carbonyl (C=O) groups is 1. The molecule has 4 rings (SSSR count). The van der Waals surface area contributed by atoms with Gasteiger partial charge in [-0.2, -0.15) is 5.26 Å². The number of hydrogen-bond donors (Lipinski definition) is 2. The highest BCUT2D eigenvalue weighted by molar-refractivity contribution is 5.96. The molecule has 2 saturated heterocycles. The van der Waals surface area contributed by atoms with Crippen molar-refractivity contribution in [2.75, 3.05) is 24.8 Å². The van der Waals surface area contributed by atoms with E-state index < -0.39 is 5.97 Å². The van der Waals surface area contributed by atoms with Crippen molar-refractivity contribution in [2.45, 2.75) is 50.2 Å². The third kappa shape index (κ3) is 4.19. The molecule has 0 aliphatic carbocycles. The third-order valence-corrected chi connectivity index (χ3v) is 6.03. The molecule has 2 aliphatic heterocycles. The molecule has 2 N–H and O–H groups in total. The van der Waals surface area contributed by atoms with Crippen LogP contribution in [0.25, 0.3) is 0 Å². The molecule has 0 radical (unpaired) electrons. The Kier molecular flexibility index (Phi) is 5.77. The molecule has 4 heterocycles. The van der Waals surface area contributed by atoms with Crippen LogP contribution in [0.2, 0.25) is 0 Å². The summed E-state index contributed by atoms with van der Waals surface area (Å²) in [5.41, 5.74) is 1.33. The molecule has 2 aromatic heterocycles. The zero-order chi connectivity index (χ0) is 21.1. The van der Waals surface area contributed by atoms with Gasteiger partial charge in [0.25, 0.3) is 0 Å². The first-order valence-electron chi connectivity index (χ1n) is 10.1. The second-order valence-electron chi connectivity index (χ2n) is 7.85. The fraction of sp³-hybridized carbons (Fsp3) is 0.476. The van der Waals surface area contributed by atoms with Gasteiger partial charge >= 0.3 is 5.97 Å². The topological polar surface area (TPSA) is 116 Å². The van der Waals surface area contributed by atoms with Gasteiger partial charge in [-0.25, -0.2) is 19.7 Å². The molecule has 0 spiro atoms. The largest absolute Gasteiger partial charge is 0.465 e. The number of ether oxygens (including phenoxy) is 1. The summed E-state index contributed by atoms with van der Waals surface area (Å²) in [7, 11) is 3.59. The maximum Gasteiger partial charge on any atom is 0.341 e. The second-order valence-corrected chi connectivity index (χ2v) is 7.85. The van der Waals surface area contributed by atoms with E-state index in [-0.39, 0.29) is 11.7 Å². The molecule has 0 saturated carbocycles. The Bertz CT molecular complexity index is 943. The zero-order valence-electron chi connectivity index (χ0n) is 17.1. The first kappa shape index (κ1) is 20.0. The number of fused-ring (bicyclic) bond motifs is 2. The lowest BCUT2D eigenvalue weighted by atomic mass is 9.82. The molecule has 2 aliphatic rings. The minimum Gasteiger partial charge on any atom is -0.465 e. The van der Waals surface area contributed by atoms with Gasteiger partial charge in [-0.15, -0.1) is 0 Å². The fourth-order valence-electron chi connectivity index (χ4n) is 4.45. The van der Waals surface area contributed by atoms with Gasteiger partial charge in [0.2, 0.25) is 0 Å². The Morgan fingerprint density at radius 2 is 1.90 bits per heavy atom. The van der Waals surface area contributed by atoms with Gasteiger partial charge in [-0.05, 0) is 32.7 Å². The van der Waals surface area contributed by atoms with E-state index >= 15 is 0 Å². The number of nitriles is 1. The minimum absolute atomic E-state index is 0.240. The monoisotopic (exact) mass is 407 g/mol. The van der Waals surface area contributed by atoms with Crippen molar-refractivity contribution in [1.82, 2.24) is 19.9 Å². The van der Waals surface area contributed by atoms with Crippen LogP contribution in [0.4, 0.5) is 17.3 Å². The predicted octanol–water partition coefficient (Wildman–Crippen LogP) is 2.70. The molecule has 0 aromatic carbocycles. The Balaban J connectivity index is 1.55. The number of pyridine rings is 1. The standard InChI is InChI=1S/C21H25N7O2/c1-28-15-4-3-5-16(28)7-13(6-15)26-18-8-19(25-11-17(18)21(29)30-2)27-20-12-23-14(9-22)10-24-20/h8,10-13,15-16H,3-7H2,1-2H3,(H2,24,25,26,27). The van der Waals surface area contributed by atoms with Crippen LogP contribution in [0.15, 0.2) is 24.7 Å². The van der Waals surface area contributed by atoms with E-state index in [1.165, 1.54) is 45.0 Å². The number of methoxy groups -OCH3 is 1. The van der Waals surface area contributed by atoms with Crippen molar-refractivity contribution in [1.29, 1.82) is 5.26 Å². The van der Waals surface area contributed by atoms with E-state index in [1.54, 1.807) is 6.07 Å². The predicted molar refractivity (Wildman–Crippen MR) is 111 cm³/mol. The molecular weight excluding hydrogens is 382 g/mol. The van der Waals surface area contributed by atoms with E-state index in [9.17, 15) is 4.79 Å². The van der Waals surface area contributed by atoms with Crippen LogP contribution in [0.5, 0.6) is 0 Å². The van der Waals surface area contributed by atoms with Gasteiger partial charge in [0.05, 0.1) is 25.2 Å². The lowest BCUT2D eigenvalue weighted by molar-refractivity contribution is 0.0594. The van der Waals surface area contributed by atoms with Crippen LogP contribution in [0.3, 0.4) is 0 Å². The third-order valence-electron chi connectivity index (χ3n) is 6.03. The van der Waals surface area contributed by atoms with Crippen molar-refractivity contribution in [3.63, 3.8) is 0 Å². The molecule has 156 valence electrons. The fourth-order valence-corrected chi connectivity index (χ4v) is 4.45. The summed E-state index contributed by atoms with van der Waals surface area (Å²) in [4.78, 5) is 27.3. The van der Waals surface area contributed by atoms with Crippen molar-refractivity contribution in [3.8, 4) is 6.07 Å². The van der Waals surface area contributed by atoms with Gasteiger partial charge in [-0.1, -0.05) is 6.42 Å². The van der Waals surface area contributed by atoms with Gasteiger partial charge in [0.1, 0.15) is 23.3 Å². The Hall–Kier alpha value is -3.25. The van der Waals surface area contributed by atoms with Crippen LogP contribution in [-0.2, 0) is 4.74 Å². The van der Waals surface area contributed by atoms with Gasteiger partial charge < -0.3 is 20.3 Å². The van der Waals surface area contributed by atoms with Crippen molar-refractivity contribution in [3.05, 3.63) is 35.9 Å². The van der Waals surface area contributed by atoms with Gasteiger partial charge in [0, 0.05) is 30.4 Å². The average Bonchev–Trinajstić information content (AvgIpc) is 2.75. The number of carbonyl (C=O) groups excluding carboxylic acids is 1. The minimum atomic E-state index is -0.428. The van der Waals surface area contributed by atoms with Gasteiger partial charge in [0.15, 0.2) is 5.69 Å². The smallest absolute Gasteiger partial charge is 0.341 e. The number of aromatic nitrogens is 3. The summed E-state index contributed by atoms with van der Waals surface area (Å²) < 4.78 is 4.94. The van der Waals surface area contributed by atoms with Crippen LogP contribution in [0, 0.1) is 11.3 Å². The highest BCUT2D eigenvalue weighted by Gasteiger charge is 2.36. The molecule has 9 heteroatoms. The summed E-state index contributed by atoms with van der Waals surface area (Å²) in [5, 5.41) is 15.5. The quantitative estimate of drug-likeness (QED) is 0.722. The maximum atomic E-state index is 12.3. The van der Waals surface area contributed by atoms with Crippen molar-refractivity contribution < 1.29 is 9.53 Å². The molecule has 2 fully saturated rings. The normalized spacial score (nSPS) is 23.3. The summed E-state index contributed by atoms with van der Waals surface area (Å²) >= 11 is 0. The number of piperidine rings is 2. The van der Waals surface area contributed by atoms with Crippen molar-refractivity contribution in [2.24, 2.45) is 0 Å². The SMILES string of the molecule is COC(=O)c1cnc(Nc2cnc(C#N)cn2)cc1NC1CC2CCCC(C1)N2C. The van der Waals surface area contributed by atoms with Crippen LogP contribution in [0.1, 0.15) is 48.2 Å². The Labute approximate surface area is 175 Å². The van der Waals surface area contributed by atoms with E-state index in [4.69, 9.17) is 10.00 Å². The first-order valence-corrected chi connectivity index (χ1v) is 10.1. The second kappa shape index (κ2) is 8.63. The van der Waals surface area contributed by atoms with E-state index in [2.05, 4.69) is 37.5 Å². The van der Waals surface area contributed by atoms with E-state index in [0.29, 0.717) is 35.0 Å². The average molecular weight is 407 g/mol. The van der Waals surface area contributed by atoms with Gasteiger partial charge in [-0.3, -0.25) is 0 Å². The lowest BCUT2D eigenvalue weighted by Crippen LogP contribution is -2.52. The highest BCUT2D eigenvalue weighted by Crippen LogP contribution is 2.34. The maximum absolute atomic E-state index is 12.3. The molecule has 2 aromatic rings. The molecule has 2 bridgehead atoms. The molecule has 30 heavy (non-hydrogen) atoms. The number of rotatable bonds is 5. The number of anilines is 3. The zero-order valence-corrected chi connectivity index (χ0v) is 17.1. The molecular formula is C21H25N7O2. The number of nitrogens with one attached hydrogen (secondary N) is 2. The summed E-state index contributed by atoms with van der Waals surface area (Å²) in [5.74, 6) is 0.562. The number of hydrogen-bond acceptors (Lipinski definition) is 9. The molecule has 2 unspecified atom stereocenters. The summed E-state index contributed by atoms with van der Waals surface area (Å²) in [6.45, 7) is 0. The van der Waals surface area contributed by atoms with Crippen LogP contribution >= 0.6 is 0 Å². The highest BCUT2D eigenvalue weighted by atomic mass is 16.5. The Morgan fingerprint density at radius 1 is 1.17 bits per heavy atom. The summed E-state index contributed by atoms with van der Waals surface area (Å²) in [6, 6.07) is 5.16. The molecule has 9 nitrogen and oxygen atoms in total. The van der Waals surface area contributed by atoms with E-state index in [1.807, 2.05) is 6.07 Å². The summed E-state index contributed by atoms with van der Waals surface area (Å²) in [6.07, 6.45) is 10.2.